The van der Waals surface area contributed by atoms with Crippen molar-refractivity contribution in [1.82, 2.24) is 0 Å². The van der Waals surface area contributed by atoms with E-state index in [0.717, 1.165) is 61.6 Å². The molecule has 0 saturated heterocycles. The summed E-state index contributed by atoms with van der Waals surface area (Å²) >= 11 is 0. The first-order valence-corrected chi connectivity index (χ1v) is 20.5. The lowest BCUT2D eigenvalue weighted by Crippen LogP contribution is -2.32. The molecule has 1 spiro atoms. The monoisotopic (exact) mass is 755 g/mol. The summed E-state index contributed by atoms with van der Waals surface area (Å²) in [5.41, 5.74) is 16.9. The van der Waals surface area contributed by atoms with Crippen LogP contribution < -0.4 is 9.64 Å². The first-order valence-electron chi connectivity index (χ1n) is 20.5. The van der Waals surface area contributed by atoms with Crippen molar-refractivity contribution < 1.29 is 9.15 Å². The number of rotatable bonds is 3. The minimum atomic E-state index is -0.576. The number of ether oxygens (including phenoxy) is 1. The Labute approximate surface area is 342 Å². The van der Waals surface area contributed by atoms with Crippen molar-refractivity contribution >= 4 is 49.8 Å². The van der Waals surface area contributed by atoms with Crippen molar-refractivity contribution in [2.75, 3.05) is 4.90 Å². The predicted octanol–water partition coefficient (Wildman–Crippen LogP) is 15.0. The molecule has 0 saturated carbocycles. The van der Waals surface area contributed by atoms with E-state index >= 15 is 0 Å². The van der Waals surface area contributed by atoms with Crippen LogP contribution in [-0.4, -0.2) is 0 Å². The second-order valence-corrected chi connectivity index (χ2v) is 16.8. The van der Waals surface area contributed by atoms with Gasteiger partial charge in [0, 0.05) is 33.3 Å². The van der Waals surface area contributed by atoms with E-state index in [4.69, 9.17) is 9.15 Å². The normalized spacial score (nSPS) is 14.7. The third-order valence-corrected chi connectivity index (χ3v) is 13.5. The van der Waals surface area contributed by atoms with Crippen LogP contribution in [0.5, 0.6) is 11.5 Å². The van der Waals surface area contributed by atoms with Crippen LogP contribution in [0.4, 0.5) is 17.1 Å². The zero-order valence-corrected chi connectivity index (χ0v) is 32.7. The Hall–Kier alpha value is -7.36. The number of anilines is 3. The largest absolute Gasteiger partial charge is 0.457 e. The predicted molar refractivity (Wildman–Crippen MR) is 241 cm³/mol. The fourth-order valence-electron chi connectivity index (χ4n) is 11.0. The van der Waals surface area contributed by atoms with Crippen molar-refractivity contribution in [1.29, 1.82) is 0 Å². The fourth-order valence-corrected chi connectivity index (χ4v) is 11.0. The van der Waals surface area contributed by atoms with Gasteiger partial charge in [-0.3, -0.25) is 0 Å². The molecule has 2 heterocycles. The average molecular weight is 756 g/mol. The van der Waals surface area contributed by atoms with Gasteiger partial charge in [0.05, 0.1) is 16.5 Å². The molecule has 3 heteroatoms. The van der Waals surface area contributed by atoms with Crippen LogP contribution in [0, 0.1) is 0 Å². The van der Waals surface area contributed by atoms with Crippen LogP contribution in [0.1, 0.15) is 47.2 Å². The number of hydrogen-bond acceptors (Lipinski definition) is 3. The molecule has 0 fully saturated rings. The lowest BCUT2D eigenvalue weighted by molar-refractivity contribution is 0.436. The Morgan fingerprint density at radius 1 is 0.424 bits per heavy atom. The summed E-state index contributed by atoms with van der Waals surface area (Å²) in [6.07, 6.45) is 0. The van der Waals surface area contributed by atoms with Gasteiger partial charge in [0.1, 0.15) is 22.7 Å². The lowest BCUT2D eigenvalue weighted by Gasteiger charge is -2.39. The molecule has 0 bridgehead atoms. The van der Waals surface area contributed by atoms with E-state index in [1.807, 2.05) is 6.07 Å². The van der Waals surface area contributed by atoms with E-state index in [1.165, 1.54) is 55.3 Å². The van der Waals surface area contributed by atoms with Gasteiger partial charge >= 0.3 is 0 Å². The Kier molecular flexibility index (Phi) is 6.44. The zero-order valence-electron chi connectivity index (χ0n) is 32.7. The third-order valence-electron chi connectivity index (χ3n) is 13.5. The van der Waals surface area contributed by atoms with Crippen LogP contribution in [0.15, 0.2) is 192 Å². The summed E-state index contributed by atoms with van der Waals surface area (Å²) in [6.45, 7) is 4.72. The molecule has 10 aromatic rings. The lowest BCUT2D eigenvalue weighted by atomic mass is 9.66. The Balaban J connectivity index is 1.13. The first kappa shape index (κ1) is 32.7. The number of furan rings is 1. The number of fused-ring (bicyclic) bond motifs is 17. The van der Waals surface area contributed by atoms with Crippen molar-refractivity contribution in [3.05, 3.63) is 221 Å². The number of benzene rings is 9. The molecule has 59 heavy (non-hydrogen) atoms. The summed E-state index contributed by atoms with van der Waals surface area (Å²) in [5.74, 6) is 1.79. The topological polar surface area (TPSA) is 25.6 Å². The molecule has 3 aliphatic rings. The van der Waals surface area contributed by atoms with Gasteiger partial charge in [-0.25, -0.2) is 0 Å². The molecule has 2 aliphatic carbocycles. The molecular weight excluding hydrogens is 719 g/mol. The summed E-state index contributed by atoms with van der Waals surface area (Å²) in [6, 6.07) is 68.7. The molecule has 278 valence electrons. The average Bonchev–Trinajstić information content (AvgIpc) is 3.88. The van der Waals surface area contributed by atoms with Crippen LogP contribution in [0.25, 0.3) is 55.0 Å². The summed E-state index contributed by atoms with van der Waals surface area (Å²) in [7, 11) is 0. The van der Waals surface area contributed by atoms with Crippen molar-refractivity contribution in [3.63, 3.8) is 0 Å². The highest BCUT2D eigenvalue weighted by molar-refractivity contribution is 6.14. The Bertz CT molecular complexity index is 3380. The maximum absolute atomic E-state index is 6.69. The van der Waals surface area contributed by atoms with E-state index < -0.39 is 5.41 Å². The maximum Gasteiger partial charge on any atom is 0.137 e. The highest BCUT2D eigenvalue weighted by Gasteiger charge is 2.51. The van der Waals surface area contributed by atoms with Crippen LogP contribution in [0.3, 0.4) is 0 Å². The smallest absolute Gasteiger partial charge is 0.137 e. The molecule has 3 nitrogen and oxygen atoms in total. The Morgan fingerprint density at radius 3 is 1.88 bits per heavy atom. The molecule has 13 rings (SSSR count). The minimum absolute atomic E-state index is 0.159. The van der Waals surface area contributed by atoms with Gasteiger partial charge < -0.3 is 14.1 Å². The van der Waals surface area contributed by atoms with Crippen LogP contribution in [-0.2, 0) is 10.8 Å². The highest BCUT2D eigenvalue weighted by Crippen LogP contribution is 2.64. The molecule has 0 amide bonds. The second kappa shape index (κ2) is 11.6. The first-order chi connectivity index (χ1) is 29.0. The van der Waals surface area contributed by atoms with E-state index in [1.54, 1.807) is 0 Å². The molecular formula is C56H37NO2. The van der Waals surface area contributed by atoms with Gasteiger partial charge in [0.25, 0.3) is 0 Å². The van der Waals surface area contributed by atoms with E-state index in [0.29, 0.717) is 0 Å². The second-order valence-electron chi connectivity index (χ2n) is 16.8. The highest BCUT2D eigenvalue weighted by atomic mass is 16.5. The van der Waals surface area contributed by atoms with E-state index in [-0.39, 0.29) is 5.41 Å². The number of hydrogen-bond donors (Lipinski definition) is 0. The van der Waals surface area contributed by atoms with Gasteiger partial charge in [0.15, 0.2) is 0 Å². The maximum atomic E-state index is 6.69. The molecule has 0 N–H and O–H groups in total. The molecule has 0 radical (unpaired) electrons. The molecule has 0 atom stereocenters. The van der Waals surface area contributed by atoms with Crippen molar-refractivity contribution in [2.45, 2.75) is 24.7 Å². The molecule has 1 aliphatic heterocycles. The standard InChI is InChI=1S/C56H37NO2/c1-55(2)42-18-7-5-16-38(42)39-29-27-36(33-47(39)55)57(48-21-13-25-52-54(48)40-17-6-10-22-49(40)58-52)35-28-31-43-41(32-35)53-37-15-4-3-14-34(37)26-30-46(53)56(43)44-19-8-11-23-50(44)59-51-24-12-9-20-45(51)56/h3-33H,1-2H3. The number of nitrogens with zero attached hydrogens (tertiary/aromatic N) is 1. The van der Waals surface area contributed by atoms with Gasteiger partial charge in [0.2, 0.25) is 0 Å². The summed E-state index contributed by atoms with van der Waals surface area (Å²) < 4.78 is 13.2. The van der Waals surface area contributed by atoms with Gasteiger partial charge in [-0.15, -0.1) is 0 Å². The summed E-state index contributed by atoms with van der Waals surface area (Å²) in [5, 5.41) is 4.67. The minimum Gasteiger partial charge on any atom is -0.457 e. The van der Waals surface area contributed by atoms with Crippen LogP contribution in [0.2, 0.25) is 0 Å². The molecule has 1 aromatic heterocycles. The SMILES string of the molecule is CC1(C)c2ccccc2-c2ccc(N(c3ccc4c(c3)-c3c(ccc5ccccc35)C43c4ccccc4Oc4ccccc43)c3cccc4oc5ccccc5c34)cc21. The zero-order chi connectivity index (χ0) is 39.0. The van der Waals surface area contributed by atoms with E-state index in [2.05, 4.69) is 201 Å². The quantitative estimate of drug-likeness (QED) is 0.180. The van der Waals surface area contributed by atoms with Crippen molar-refractivity contribution in [3.8, 4) is 33.8 Å². The summed E-state index contributed by atoms with van der Waals surface area (Å²) in [4.78, 5) is 2.46. The van der Waals surface area contributed by atoms with Gasteiger partial charge in [-0.05, 0) is 110 Å². The van der Waals surface area contributed by atoms with Gasteiger partial charge in [-0.2, -0.15) is 0 Å². The molecule has 9 aromatic carbocycles. The third kappa shape index (κ3) is 4.21. The fraction of sp³-hybridized carbons (Fsp3) is 0.0714. The number of para-hydroxylation sites is 3. The Morgan fingerprint density at radius 2 is 1.05 bits per heavy atom. The van der Waals surface area contributed by atoms with E-state index in [9.17, 15) is 0 Å². The van der Waals surface area contributed by atoms with Gasteiger partial charge in [-0.1, -0.05) is 147 Å². The van der Waals surface area contributed by atoms with Crippen molar-refractivity contribution in [2.24, 2.45) is 0 Å². The molecule has 0 unspecified atom stereocenters. The van der Waals surface area contributed by atoms with Crippen LogP contribution >= 0.6 is 0 Å².